The van der Waals surface area contributed by atoms with Crippen LogP contribution in [0, 0.1) is 0 Å². The molecule has 0 saturated heterocycles. The Morgan fingerprint density at radius 1 is 0.600 bits per heavy atom. The molecule has 0 heterocycles. The molecular formula is C28H24BP. The number of allylic oxidation sites excluding steroid dienone is 2. The summed E-state index contributed by atoms with van der Waals surface area (Å²) in [5.74, 6) is 0. The van der Waals surface area contributed by atoms with E-state index in [0.29, 0.717) is 0 Å². The van der Waals surface area contributed by atoms with Crippen molar-refractivity contribution in [3.05, 3.63) is 144 Å². The van der Waals surface area contributed by atoms with Gasteiger partial charge in [0.25, 0.3) is 0 Å². The molecule has 0 fully saturated rings. The first-order valence-electron chi connectivity index (χ1n) is 10.7. The van der Waals surface area contributed by atoms with Crippen LogP contribution in [0.2, 0.25) is 0 Å². The van der Waals surface area contributed by atoms with Crippen molar-refractivity contribution in [2.45, 2.75) is 0 Å². The van der Waals surface area contributed by atoms with Crippen LogP contribution in [0.5, 0.6) is 0 Å². The van der Waals surface area contributed by atoms with Crippen LogP contribution in [0.4, 0.5) is 0 Å². The molecule has 4 rings (SSSR count). The van der Waals surface area contributed by atoms with Crippen molar-refractivity contribution in [3.8, 4) is 0 Å². The topological polar surface area (TPSA) is 0 Å². The highest BCUT2D eigenvalue weighted by Crippen LogP contribution is 2.34. The van der Waals surface area contributed by atoms with Crippen molar-refractivity contribution in [3.63, 3.8) is 0 Å². The van der Waals surface area contributed by atoms with E-state index in [4.69, 9.17) is 2.56 Å². The van der Waals surface area contributed by atoms with Crippen molar-refractivity contribution in [2.24, 2.45) is 0 Å². The van der Waals surface area contributed by atoms with E-state index < -0.39 is 9.01 Å². The molecule has 144 valence electrons. The Bertz CT molecular complexity index is 1030. The maximum Gasteiger partial charge on any atom is 0.0996 e. The minimum atomic E-state index is -1.62. The lowest BCUT2D eigenvalue weighted by atomic mass is 9.89. The smallest absolute Gasteiger partial charge is 0.0996 e. The third kappa shape index (κ3) is 5.93. The lowest BCUT2D eigenvalue weighted by Crippen LogP contribution is -1.92. The first kappa shape index (κ1) is 18.9. The summed E-state index contributed by atoms with van der Waals surface area (Å²) in [6.45, 7) is 0. The zero-order valence-corrected chi connectivity index (χ0v) is 17.6. The first-order chi connectivity index (χ1) is 15.6. The van der Waals surface area contributed by atoms with Crippen LogP contribution in [0.1, 0.15) is 22.3 Å². The minimum Gasteiger partial charge on any atom is -0.187 e. The highest BCUT2D eigenvalue weighted by molar-refractivity contribution is 7.49. The maximum atomic E-state index is 6.09. The van der Waals surface area contributed by atoms with E-state index in [2.05, 4.69) is 141 Å². The number of hydrogen-bond acceptors (Lipinski definition) is 0. The van der Waals surface area contributed by atoms with Crippen LogP contribution in [0.3, 0.4) is 0 Å². The molecule has 4 aromatic carbocycles. The summed E-state index contributed by atoms with van der Waals surface area (Å²) < 4.78 is 12.2. The molecule has 0 aromatic heterocycles. The van der Waals surface area contributed by atoms with Crippen LogP contribution in [0.15, 0.2) is 121 Å². The largest absolute Gasteiger partial charge is 0.187 e. The van der Waals surface area contributed by atoms with Gasteiger partial charge in [0.2, 0.25) is 0 Å². The monoisotopic (exact) mass is 405 g/mol. The summed E-state index contributed by atoms with van der Waals surface area (Å²) in [5.41, 5.74) is 7.21. The fraction of sp³-hybridized carbons (Fsp3) is 0. The van der Waals surface area contributed by atoms with Gasteiger partial charge in [0.1, 0.15) is 0 Å². The predicted octanol–water partition coefficient (Wildman–Crippen LogP) is 7.41. The molecular weight excluding hydrogens is 378 g/mol. The van der Waals surface area contributed by atoms with E-state index in [1.807, 2.05) is 0 Å². The lowest BCUT2D eigenvalue weighted by molar-refractivity contribution is 1.58. The number of rotatable bonds is 5. The van der Waals surface area contributed by atoms with Gasteiger partial charge >= 0.3 is 0 Å². The summed E-state index contributed by atoms with van der Waals surface area (Å²) in [6, 6.07) is 42.2. The van der Waals surface area contributed by atoms with Gasteiger partial charge in [0.15, 0.2) is 0 Å². The molecule has 0 nitrogen and oxygen atoms in total. The number of hydrogen-bond donors (Lipinski definition) is 0. The lowest BCUT2D eigenvalue weighted by Gasteiger charge is -2.15. The van der Waals surface area contributed by atoms with Gasteiger partial charge in [-0.25, -0.2) is 0 Å². The van der Waals surface area contributed by atoms with Gasteiger partial charge in [-0.1, -0.05) is 121 Å². The summed E-state index contributed by atoms with van der Waals surface area (Å²) in [7, 11) is 2.89. The zero-order chi connectivity index (χ0) is 22.6. The van der Waals surface area contributed by atoms with Gasteiger partial charge in [-0.05, 0) is 45.6 Å². The van der Waals surface area contributed by atoms with Crippen molar-refractivity contribution in [1.29, 1.82) is 2.56 Å². The molecule has 2 radical (unpaired) electrons. The van der Waals surface area contributed by atoms with Crippen LogP contribution in [-0.4, -0.2) is 10.1 Å². The van der Waals surface area contributed by atoms with Gasteiger partial charge < -0.3 is 0 Å². The summed E-state index contributed by atoms with van der Waals surface area (Å²) >= 11 is 0. The van der Waals surface area contributed by atoms with Crippen molar-refractivity contribution in [2.75, 3.05) is 0 Å². The van der Waals surface area contributed by atoms with Gasteiger partial charge in [-0.15, -0.1) is 0 Å². The quantitative estimate of drug-likeness (QED) is 0.140. The molecule has 0 aliphatic rings. The molecule has 0 N–H and O–H groups in total. The fourth-order valence-electron chi connectivity index (χ4n) is 3.30. The Labute approximate surface area is 186 Å². The van der Waals surface area contributed by atoms with Crippen molar-refractivity contribution in [1.82, 2.24) is 0 Å². The zero-order valence-electron chi connectivity index (χ0n) is 18.7. The summed E-state index contributed by atoms with van der Waals surface area (Å²) in [5, 5.41) is 0. The molecule has 4 aromatic rings. The molecule has 1 unspecified atom stereocenters. The summed E-state index contributed by atoms with van der Waals surface area (Å²) in [6.07, 6.45) is 4.55. The Morgan fingerprint density at radius 3 is 1.17 bits per heavy atom. The Balaban J connectivity index is 0.000000668. The molecule has 0 aliphatic carbocycles. The Hall–Kier alpha value is -3.15. The first-order valence-corrected chi connectivity index (χ1v) is 10.3. The second kappa shape index (κ2) is 11.8. The van der Waals surface area contributed by atoms with E-state index in [9.17, 15) is 0 Å². The average Bonchev–Trinajstić information content (AvgIpc) is 2.83. The van der Waals surface area contributed by atoms with E-state index in [1.54, 1.807) is 0 Å². The maximum absolute atomic E-state index is 6.09. The van der Waals surface area contributed by atoms with E-state index in [0.717, 1.165) is 0 Å². The second-order valence-corrected chi connectivity index (χ2v) is 6.67. The van der Waals surface area contributed by atoms with Gasteiger partial charge in [0.05, 0.1) is 7.57 Å². The molecule has 0 spiro atoms. The SMILES string of the molecule is C(=C(\C(=C\c1ccccc1)c1ccccc1)c1ccccc1)/c1ccccc1.[2H]P([3H])[B]. The van der Waals surface area contributed by atoms with Gasteiger partial charge in [-0.3, -0.25) is 0 Å². The van der Waals surface area contributed by atoms with Crippen LogP contribution >= 0.6 is 9.01 Å². The minimum absolute atomic E-state index is 1.19. The summed E-state index contributed by atoms with van der Waals surface area (Å²) in [4.78, 5) is 0. The molecule has 1 atom stereocenters. The normalized spacial score (nSPS) is 13.3. The average molecular weight is 405 g/mol. The standard InChI is InChI=1S/C28H22.BH2P/c1-5-13-23(14-6-1)21-27(25-17-9-3-10-18-25)28(26-19-11-4-12-20-26)22-24-15-7-2-8-16-24;1-2/h1-22H;2H2/b27-21+,28-22+;/i;2TD. The van der Waals surface area contributed by atoms with Crippen molar-refractivity contribution < 1.29 is 0 Å². The van der Waals surface area contributed by atoms with Crippen molar-refractivity contribution >= 4 is 39.9 Å². The van der Waals surface area contributed by atoms with Crippen LogP contribution in [-0.2, 0) is 0 Å². The molecule has 0 aliphatic heterocycles. The van der Waals surface area contributed by atoms with E-state index >= 15 is 0 Å². The molecule has 0 bridgehead atoms. The molecule has 0 amide bonds. The second-order valence-electron chi connectivity index (χ2n) is 6.67. The highest BCUT2D eigenvalue weighted by Gasteiger charge is 2.11. The third-order valence-corrected chi connectivity index (χ3v) is 4.68. The third-order valence-electron chi connectivity index (χ3n) is 4.68. The molecule has 2 heteroatoms. The van der Waals surface area contributed by atoms with E-state index in [-0.39, 0.29) is 0 Å². The fourth-order valence-corrected chi connectivity index (χ4v) is 3.30. The Kier molecular flexibility index (Phi) is 7.39. The highest BCUT2D eigenvalue weighted by atomic mass is 31.0. The predicted molar refractivity (Wildman–Crippen MR) is 137 cm³/mol. The molecule has 0 saturated carbocycles. The van der Waals surface area contributed by atoms with Gasteiger partial charge in [-0.2, -0.15) is 9.01 Å². The van der Waals surface area contributed by atoms with Gasteiger partial charge in [0, 0.05) is 2.56 Å². The number of benzene rings is 4. The van der Waals surface area contributed by atoms with Crippen LogP contribution < -0.4 is 0 Å². The van der Waals surface area contributed by atoms with E-state index in [1.165, 1.54) is 33.4 Å². The Morgan fingerprint density at radius 2 is 0.867 bits per heavy atom. The molecule has 30 heavy (non-hydrogen) atoms. The van der Waals surface area contributed by atoms with Crippen LogP contribution in [0.25, 0.3) is 23.3 Å².